The topological polar surface area (TPSA) is 35.6 Å². The molecule has 1 heterocycles. The van der Waals surface area contributed by atoms with E-state index in [0.717, 1.165) is 38.3 Å². The fourth-order valence-electron chi connectivity index (χ4n) is 4.18. The maximum atomic E-state index is 13.3. The fourth-order valence-corrected chi connectivity index (χ4v) is 4.18. The highest BCUT2D eigenvalue weighted by Gasteiger charge is 2.19. The molecule has 1 saturated heterocycles. The molecule has 0 radical (unpaired) electrons. The van der Waals surface area contributed by atoms with Gasteiger partial charge < -0.3 is 10.2 Å². The minimum Gasteiger partial charge on any atom is -0.369 e. The van der Waals surface area contributed by atoms with Gasteiger partial charge in [0.15, 0.2) is 0 Å². The van der Waals surface area contributed by atoms with Gasteiger partial charge in [-0.25, -0.2) is 4.39 Å². The number of halogens is 1. The second kappa shape index (κ2) is 9.96. The molecule has 0 atom stereocenters. The third kappa shape index (κ3) is 5.35. The minimum atomic E-state index is -0.295. The lowest BCUT2D eigenvalue weighted by molar-refractivity contribution is 0.0951. The summed E-state index contributed by atoms with van der Waals surface area (Å²) in [6.07, 6.45) is 0. The Morgan fingerprint density at radius 2 is 1.62 bits per heavy atom. The van der Waals surface area contributed by atoms with E-state index in [1.165, 1.54) is 34.5 Å². The van der Waals surface area contributed by atoms with E-state index in [1.807, 2.05) is 24.3 Å². The molecule has 3 aromatic carbocycles. The molecule has 1 aliphatic heterocycles. The summed E-state index contributed by atoms with van der Waals surface area (Å²) in [4.78, 5) is 17.3. The van der Waals surface area contributed by atoms with Crippen LogP contribution < -0.4 is 10.2 Å². The van der Waals surface area contributed by atoms with Crippen molar-refractivity contribution in [3.05, 3.63) is 100 Å². The van der Waals surface area contributed by atoms with Crippen LogP contribution in [0.4, 0.5) is 10.1 Å². The smallest absolute Gasteiger partial charge is 0.251 e. The fraction of sp³-hybridized carbons (Fsp3) is 0.296. The summed E-state index contributed by atoms with van der Waals surface area (Å²) in [6, 6.07) is 20.6. The molecule has 5 heteroatoms. The van der Waals surface area contributed by atoms with Crippen LogP contribution in [0.1, 0.15) is 32.6 Å². The van der Waals surface area contributed by atoms with Crippen molar-refractivity contribution in [3.8, 4) is 0 Å². The van der Waals surface area contributed by atoms with E-state index in [0.29, 0.717) is 12.1 Å². The van der Waals surface area contributed by atoms with E-state index in [4.69, 9.17) is 0 Å². The summed E-state index contributed by atoms with van der Waals surface area (Å²) >= 11 is 0. The Balaban J connectivity index is 1.27. The van der Waals surface area contributed by atoms with Gasteiger partial charge in [0.25, 0.3) is 5.91 Å². The number of aryl methyl sites for hydroxylation is 1. The van der Waals surface area contributed by atoms with Crippen LogP contribution in [0.25, 0.3) is 0 Å². The number of anilines is 1. The highest BCUT2D eigenvalue weighted by Crippen LogP contribution is 2.24. The first-order valence-electron chi connectivity index (χ1n) is 11.1. The highest BCUT2D eigenvalue weighted by molar-refractivity contribution is 5.94. The molecule has 4 nitrogen and oxygen atoms in total. The Bertz CT molecular complexity index is 1070. The molecule has 1 N–H and O–H groups in total. The van der Waals surface area contributed by atoms with E-state index >= 15 is 0 Å². The number of rotatable bonds is 6. The van der Waals surface area contributed by atoms with E-state index in [9.17, 15) is 9.18 Å². The monoisotopic (exact) mass is 431 g/mol. The van der Waals surface area contributed by atoms with Crippen molar-refractivity contribution >= 4 is 11.6 Å². The molecule has 0 unspecified atom stereocenters. The zero-order valence-electron chi connectivity index (χ0n) is 18.8. The van der Waals surface area contributed by atoms with E-state index in [-0.39, 0.29) is 11.7 Å². The largest absolute Gasteiger partial charge is 0.369 e. The Kier molecular flexibility index (Phi) is 6.86. The van der Waals surface area contributed by atoms with Gasteiger partial charge in [0.05, 0.1) is 0 Å². The summed E-state index contributed by atoms with van der Waals surface area (Å²) in [7, 11) is 0. The molecule has 4 rings (SSSR count). The van der Waals surface area contributed by atoms with Crippen molar-refractivity contribution in [2.24, 2.45) is 0 Å². The first kappa shape index (κ1) is 22.0. The number of amides is 1. The minimum absolute atomic E-state index is 0.150. The lowest BCUT2D eigenvalue weighted by Crippen LogP contribution is -2.46. The predicted molar refractivity (Wildman–Crippen MR) is 127 cm³/mol. The Morgan fingerprint density at radius 1 is 0.906 bits per heavy atom. The number of nitrogens with one attached hydrogen (secondary N) is 1. The van der Waals surface area contributed by atoms with Crippen molar-refractivity contribution in [1.29, 1.82) is 0 Å². The normalized spacial score (nSPS) is 14.4. The molecule has 1 amide bonds. The summed E-state index contributed by atoms with van der Waals surface area (Å²) in [5.41, 5.74) is 6.61. The zero-order valence-corrected chi connectivity index (χ0v) is 18.8. The van der Waals surface area contributed by atoms with Gasteiger partial charge in [0.1, 0.15) is 5.82 Å². The van der Waals surface area contributed by atoms with E-state index in [2.05, 4.69) is 47.2 Å². The molecule has 0 spiro atoms. The third-order valence-electron chi connectivity index (χ3n) is 6.25. The van der Waals surface area contributed by atoms with Crippen molar-refractivity contribution < 1.29 is 9.18 Å². The van der Waals surface area contributed by atoms with Gasteiger partial charge >= 0.3 is 0 Å². The SMILES string of the molecule is Cc1cccc(N2CCN(Cc3ccc(C(=O)NCc4cccc(F)c4)cc3)CC2)c1C. The van der Waals surface area contributed by atoms with Gasteiger partial charge in [-0.15, -0.1) is 0 Å². The van der Waals surface area contributed by atoms with Gasteiger partial charge in [0.2, 0.25) is 0 Å². The number of piperazine rings is 1. The van der Waals surface area contributed by atoms with Crippen LogP contribution in [-0.2, 0) is 13.1 Å². The molecule has 1 aliphatic rings. The van der Waals surface area contributed by atoms with Crippen LogP contribution in [0.5, 0.6) is 0 Å². The van der Waals surface area contributed by atoms with Crippen molar-refractivity contribution in [3.63, 3.8) is 0 Å². The maximum Gasteiger partial charge on any atom is 0.251 e. The lowest BCUT2D eigenvalue weighted by Gasteiger charge is -2.37. The van der Waals surface area contributed by atoms with Gasteiger partial charge in [0, 0.05) is 50.5 Å². The van der Waals surface area contributed by atoms with Crippen molar-refractivity contribution in [2.75, 3.05) is 31.1 Å². The van der Waals surface area contributed by atoms with Crippen LogP contribution in [-0.4, -0.2) is 37.0 Å². The Labute approximate surface area is 189 Å². The van der Waals surface area contributed by atoms with Crippen LogP contribution >= 0.6 is 0 Å². The van der Waals surface area contributed by atoms with E-state index in [1.54, 1.807) is 12.1 Å². The van der Waals surface area contributed by atoms with E-state index < -0.39 is 0 Å². The molecule has 0 bridgehead atoms. The summed E-state index contributed by atoms with van der Waals surface area (Å²) < 4.78 is 13.3. The third-order valence-corrected chi connectivity index (χ3v) is 6.25. The van der Waals surface area contributed by atoms with Crippen LogP contribution in [0.3, 0.4) is 0 Å². The molecule has 32 heavy (non-hydrogen) atoms. The Morgan fingerprint density at radius 3 is 2.34 bits per heavy atom. The molecule has 1 fully saturated rings. The van der Waals surface area contributed by atoms with Gasteiger partial charge in [-0.05, 0) is 66.4 Å². The standard InChI is InChI=1S/C27H30FN3O/c1-20-5-3-8-26(21(20)2)31-15-13-30(14-16-31)19-22-9-11-24(12-10-22)27(32)29-18-23-6-4-7-25(28)17-23/h3-12,17H,13-16,18-19H2,1-2H3,(H,29,32). The quantitative estimate of drug-likeness (QED) is 0.615. The number of hydrogen-bond donors (Lipinski definition) is 1. The van der Waals surface area contributed by atoms with Gasteiger partial charge in [-0.2, -0.15) is 0 Å². The maximum absolute atomic E-state index is 13.3. The molecule has 0 aliphatic carbocycles. The number of carbonyl (C=O) groups excluding carboxylic acids is 1. The van der Waals surface area contributed by atoms with Crippen molar-refractivity contribution in [1.82, 2.24) is 10.2 Å². The first-order chi connectivity index (χ1) is 15.5. The number of benzene rings is 3. The number of carbonyl (C=O) groups is 1. The second-order valence-electron chi connectivity index (χ2n) is 8.49. The van der Waals surface area contributed by atoms with Crippen LogP contribution in [0.2, 0.25) is 0 Å². The lowest BCUT2D eigenvalue weighted by atomic mass is 10.1. The van der Waals surface area contributed by atoms with Crippen LogP contribution in [0, 0.1) is 19.7 Å². The molecular weight excluding hydrogens is 401 g/mol. The summed E-state index contributed by atoms with van der Waals surface area (Å²) in [6.45, 7) is 9.63. The summed E-state index contributed by atoms with van der Waals surface area (Å²) in [5.74, 6) is -0.445. The average molecular weight is 432 g/mol. The molecule has 166 valence electrons. The molecule has 3 aromatic rings. The highest BCUT2D eigenvalue weighted by atomic mass is 19.1. The zero-order chi connectivity index (χ0) is 22.5. The predicted octanol–water partition coefficient (Wildman–Crippen LogP) is 4.69. The molecule has 0 saturated carbocycles. The number of nitrogens with zero attached hydrogens (tertiary/aromatic N) is 2. The van der Waals surface area contributed by atoms with Gasteiger partial charge in [-0.1, -0.05) is 36.4 Å². The first-order valence-corrected chi connectivity index (χ1v) is 11.1. The van der Waals surface area contributed by atoms with Gasteiger partial charge in [-0.3, -0.25) is 9.69 Å². The van der Waals surface area contributed by atoms with Crippen LogP contribution in [0.15, 0.2) is 66.7 Å². The number of hydrogen-bond acceptors (Lipinski definition) is 3. The molecule has 0 aromatic heterocycles. The summed E-state index contributed by atoms with van der Waals surface area (Å²) in [5, 5.41) is 2.85. The molecular formula is C27H30FN3O. The Hall–Kier alpha value is -3.18. The second-order valence-corrected chi connectivity index (χ2v) is 8.49. The van der Waals surface area contributed by atoms with Crippen molar-refractivity contribution in [2.45, 2.75) is 26.9 Å². The average Bonchev–Trinajstić information content (AvgIpc) is 2.80.